The normalized spacial score (nSPS) is 33.9. The van der Waals surface area contributed by atoms with Gasteiger partial charge in [-0.2, -0.15) is 0 Å². The Morgan fingerprint density at radius 2 is 3.10 bits per heavy atom. The summed E-state index contributed by atoms with van der Waals surface area (Å²) in [6.45, 7) is -6.58. The molecule has 56 valence electrons. The highest BCUT2D eigenvalue weighted by molar-refractivity contribution is 9.10. The fourth-order valence-electron chi connectivity index (χ4n) is 0.410. The summed E-state index contributed by atoms with van der Waals surface area (Å²) >= 11 is 2.88. The Balaban J connectivity index is 3.55. The maximum Gasteiger partial charge on any atom is 0.148 e. The number of halogens is 1. The van der Waals surface area contributed by atoms with E-state index in [0.717, 1.165) is 6.20 Å². The van der Waals surface area contributed by atoms with E-state index in [9.17, 15) is 0 Å². The van der Waals surface area contributed by atoms with E-state index in [1.807, 2.05) is 0 Å². The van der Waals surface area contributed by atoms with E-state index in [0.29, 0.717) is 4.68 Å². The van der Waals surface area contributed by atoms with Crippen LogP contribution in [0.5, 0.6) is 0 Å². The number of nitrogens with zero attached hydrogens (tertiary/aromatic N) is 3. The molecule has 0 aliphatic carbocycles. The van der Waals surface area contributed by atoms with Gasteiger partial charge in [-0.1, -0.05) is 12.1 Å². The Morgan fingerprint density at radius 1 is 2.20 bits per heavy atom. The molecule has 3 nitrogen and oxygen atoms in total. The summed E-state index contributed by atoms with van der Waals surface area (Å²) in [5.41, 5.74) is 0. The van der Waals surface area contributed by atoms with Crippen LogP contribution in [-0.2, 0) is 0 Å². The zero-order chi connectivity index (χ0) is 15.3. The van der Waals surface area contributed by atoms with Gasteiger partial charge in [0.15, 0.2) is 0 Å². The lowest BCUT2D eigenvalue weighted by Crippen LogP contribution is -2.03. The molecule has 0 radical (unpaired) electrons. The zero-order valence-electron chi connectivity index (χ0n) is 13.8. The lowest BCUT2D eigenvalue weighted by molar-refractivity contribution is 0.464. The molecule has 0 fully saturated rings. The molecule has 0 saturated heterocycles. The van der Waals surface area contributed by atoms with Crippen LogP contribution in [0.25, 0.3) is 0 Å². The fourth-order valence-corrected chi connectivity index (χ4v) is 0.675. The molecule has 1 heterocycles. The third-order valence-corrected chi connectivity index (χ3v) is 1.18. The Morgan fingerprint density at radius 3 is 3.60 bits per heavy atom. The minimum absolute atomic E-state index is 0.0646. The standard InChI is InChI=1S/C6H10BrN3/c1-3-5(2)10-4-6(7)8-9-10/h4-5H,3H2,1-2H3/i1D3,2D3,3D2,5D. The molecule has 0 bridgehead atoms. The molecule has 4 heteroatoms. The molecule has 0 spiro atoms. The van der Waals surface area contributed by atoms with Crippen LogP contribution >= 0.6 is 15.9 Å². The molecule has 0 N–H and O–H groups in total. The second-order valence-electron chi connectivity index (χ2n) is 1.46. The summed E-state index contributed by atoms with van der Waals surface area (Å²) in [6.07, 6.45) is -2.42. The van der Waals surface area contributed by atoms with E-state index in [1.54, 1.807) is 0 Å². The minimum Gasteiger partial charge on any atom is -0.249 e. The average molecular weight is 213 g/mol. The monoisotopic (exact) mass is 212 g/mol. The summed E-state index contributed by atoms with van der Waals surface area (Å²) in [5.74, 6) is 0. The van der Waals surface area contributed by atoms with E-state index in [-0.39, 0.29) is 4.60 Å². The van der Waals surface area contributed by atoms with Gasteiger partial charge in [0.1, 0.15) is 4.60 Å². The van der Waals surface area contributed by atoms with Gasteiger partial charge in [-0.15, -0.1) is 5.10 Å². The van der Waals surface area contributed by atoms with Crippen LogP contribution in [0, 0.1) is 0 Å². The molecule has 1 aromatic rings. The predicted molar refractivity (Wildman–Crippen MR) is 42.7 cm³/mol. The molecule has 0 amide bonds. The second kappa shape index (κ2) is 3.14. The Bertz CT molecular complexity index is 463. The van der Waals surface area contributed by atoms with E-state index < -0.39 is 26.1 Å². The quantitative estimate of drug-likeness (QED) is 0.752. The number of hydrogen-bond acceptors (Lipinski definition) is 2. The van der Waals surface area contributed by atoms with Crippen molar-refractivity contribution in [3.05, 3.63) is 10.8 Å². The van der Waals surface area contributed by atoms with Crippen molar-refractivity contribution in [2.24, 2.45) is 0 Å². The van der Waals surface area contributed by atoms with Crippen LogP contribution in [0.2, 0.25) is 0 Å². The smallest absolute Gasteiger partial charge is 0.148 e. The van der Waals surface area contributed by atoms with Crippen molar-refractivity contribution in [2.45, 2.75) is 26.1 Å². The minimum atomic E-state index is -3.36. The van der Waals surface area contributed by atoms with Crippen molar-refractivity contribution in [3.8, 4) is 0 Å². The van der Waals surface area contributed by atoms with Gasteiger partial charge in [-0.25, -0.2) is 4.68 Å². The van der Waals surface area contributed by atoms with Crippen LogP contribution < -0.4 is 0 Å². The largest absolute Gasteiger partial charge is 0.249 e. The predicted octanol–water partition coefficient (Wildman–Crippen LogP) is 2.01. The summed E-state index contributed by atoms with van der Waals surface area (Å²) in [7, 11) is 0. The van der Waals surface area contributed by atoms with Gasteiger partial charge in [0, 0.05) is 11.0 Å². The molecule has 1 aromatic heterocycles. The molecule has 1 rings (SSSR count). The van der Waals surface area contributed by atoms with Gasteiger partial charge in [0.05, 0.1) is 13.6 Å². The van der Waals surface area contributed by atoms with Crippen LogP contribution in [0.15, 0.2) is 10.8 Å². The lowest BCUT2D eigenvalue weighted by atomic mass is 10.3. The highest BCUT2D eigenvalue weighted by Gasteiger charge is 2.02. The van der Waals surface area contributed by atoms with E-state index in [4.69, 9.17) is 12.3 Å². The SMILES string of the molecule is [2H]C([2H])([2H])C([2H])([2H])C([2H])(n1cc(Br)nn1)C([2H])([2H])[2H]. The molecule has 0 aromatic carbocycles. The van der Waals surface area contributed by atoms with E-state index in [1.165, 1.54) is 0 Å². The summed E-state index contributed by atoms with van der Waals surface area (Å²) < 4.78 is 66.9. The van der Waals surface area contributed by atoms with Gasteiger partial charge in [0.2, 0.25) is 0 Å². The van der Waals surface area contributed by atoms with Gasteiger partial charge in [0.25, 0.3) is 0 Å². The molecule has 1 unspecified atom stereocenters. The highest BCUT2D eigenvalue weighted by atomic mass is 79.9. The van der Waals surface area contributed by atoms with E-state index in [2.05, 4.69) is 26.2 Å². The van der Waals surface area contributed by atoms with Crippen molar-refractivity contribution < 1.29 is 12.3 Å². The first-order valence-corrected chi connectivity index (χ1v) is 3.13. The van der Waals surface area contributed by atoms with Gasteiger partial charge < -0.3 is 0 Å². The maximum atomic E-state index is 7.93. The molecule has 0 aliphatic rings. The summed E-state index contributed by atoms with van der Waals surface area (Å²) in [4.78, 5) is 0. The Kier molecular flexibility index (Phi) is 0.648. The maximum absolute atomic E-state index is 7.93. The molecule has 1 atom stereocenters. The molecular formula is C6H10BrN3. The Hall–Kier alpha value is -0.380. The summed E-state index contributed by atoms with van der Waals surface area (Å²) in [5, 5.41) is 6.72. The second-order valence-corrected chi connectivity index (χ2v) is 2.27. The third kappa shape index (κ3) is 1.56. The first-order valence-electron chi connectivity index (χ1n) is 6.83. The third-order valence-electron chi connectivity index (χ3n) is 0.813. The number of aromatic nitrogens is 3. The van der Waals surface area contributed by atoms with Crippen molar-refractivity contribution in [1.29, 1.82) is 0 Å². The van der Waals surface area contributed by atoms with Gasteiger partial charge >= 0.3 is 0 Å². The Labute approximate surface area is 81.2 Å². The topological polar surface area (TPSA) is 30.7 Å². The molecule has 0 saturated carbocycles. The first kappa shape index (κ1) is 2.06. The average Bonchev–Trinajstić information content (AvgIpc) is 2.59. The van der Waals surface area contributed by atoms with Crippen molar-refractivity contribution in [3.63, 3.8) is 0 Å². The van der Waals surface area contributed by atoms with Crippen LogP contribution in [-0.4, -0.2) is 15.0 Å². The van der Waals surface area contributed by atoms with E-state index >= 15 is 0 Å². The van der Waals surface area contributed by atoms with Crippen LogP contribution in [0.1, 0.15) is 38.4 Å². The first-order chi connectivity index (χ1) is 8.25. The molecular weight excluding hydrogens is 194 g/mol. The van der Waals surface area contributed by atoms with Crippen molar-refractivity contribution >= 4 is 15.9 Å². The zero-order valence-corrected chi connectivity index (χ0v) is 6.38. The van der Waals surface area contributed by atoms with Gasteiger partial charge in [-0.3, -0.25) is 0 Å². The molecule has 0 aliphatic heterocycles. The van der Waals surface area contributed by atoms with Gasteiger partial charge in [-0.05, 0) is 29.2 Å². The number of hydrogen-bond donors (Lipinski definition) is 0. The highest BCUT2D eigenvalue weighted by Crippen LogP contribution is 2.10. The van der Waals surface area contributed by atoms with Crippen LogP contribution in [0.4, 0.5) is 0 Å². The van der Waals surface area contributed by atoms with Crippen molar-refractivity contribution in [1.82, 2.24) is 15.0 Å². The summed E-state index contributed by atoms with van der Waals surface area (Å²) in [6, 6.07) is -3.13. The lowest BCUT2D eigenvalue weighted by Gasteiger charge is -2.05. The number of rotatable bonds is 2. The molecule has 10 heavy (non-hydrogen) atoms. The van der Waals surface area contributed by atoms with Crippen molar-refractivity contribution in [2.75, 3.05) is 0 Å². The van der Waals surface area contributed by atoms with Crippen LogP contribution in [0.3, 0.4) is 0 Å². The fraction of sp³-hybridized carbons (Fsp3) is 0.667.